The lowest BCUT2D eigenvalue weighted by molar-refractivity contribution is -0.870. The highest BCUT2D eigenvalue weighted by Crippen LogP contribution is 2.38. The number of rotatable bonds is 43. The summed E-state index contributed by atoms with van der Waals surface area (Å²) < 4.78 is 23.2. The van der Waals surface area contributed by atoms with Gasteiger partial charge in [-0.15, -0.1) is 0 Å². The molecule has 0 aromatic rings. The summed E-state index contributed by atoms with van der Waals surface area (Å²) in [5.41, 5.74) is 0. The van der Waals surface area contributed by atoms with Crippen molar-refractivity contribution in [1.29, 1.82) is 0 Å². The minimum atomic E-state index is -4.58. The van der Waals surface area contributed by atoms with Crippen molar-refractivity contribution in [2.24, 2.45) is 0 Å². The first kappa shape index (κ1) is 54.2. The summed E-state index contributed by atoms with van der Waals surface area (Å²) in [6.45, 7) is 4.67. The average Bonchev–Trinajstić information content (AvgIpc) is 3.13. The van der Waals surface area contributed by atoms with Gasteiger partial charge in [0.05, 0.1) is 39.9 Å². The van der Waals surface area contributed by atoms with E-state index in [1.54, 1.807) is 6.08 Å². The molecule has 0 aromatic heterocycles. The van der Waals surface area contributed by atoms with E-state index in [0.29, 0.717) is 17.4 Å². The zero-order chi connectivity index (χ0) is 40.7. The summed E-state index contributed by atoms with van der Waals surface area (Å²) in [5, 5.41) is 13.8. The smallest absolute Gasteiger partial charge is 0.268 e. The number of nitrogens with zero attached hydrogens (tertiary/aromatic N) is 1. The molecule has 1 amide bonds. The molecule has 55 heavy (non-hydrogen) atoms. The van der Waals surface area contributed by atoms with Gasteiger partial charge in [-0.05, 0) is 19.3 Å². The standard InChI is InChI=1S/C46H93N2O6P/c1-6-8-10-12-14-16-18-20-22-24-26-28-30-32-34-36-38-40-46(50)47-44(43-54-55(51,52)53-42-41-48(3,4)5)45(49)39-37-35-33-31-29-27-25-23-21-19-17-15-13-11-9-7-2/h37,39,44-45,49H,6-36,38,40-43H2,1-5H3,(H-,47,50,51,52)/b39-37+/t44-,45+/m0/s1. The van der Waals surface area contributed by atoms with Crippen molar-refractivity contribution in [2.45, 2.75) is 238 Å². The Kier molecular flexibility index (Phi) is 38.2. The van der Waals surface area contributed by atoms with Crippen LogP contribution in [0.25, 0.3) is 0 Å². The highest BCUT2D eigenvalue weighted by Gasteiger charge is 2.23. The fourth-order valence-electron chi connectivity index (χ4n) is 6.98. The molecular weight excluding hydrogens is 707 g/mol. The number of likely N-dealkylation sites (N-methyl/N-ethyl adjacent to an activating group) is 1. The maximum atomic E-state index is 12.9. The summed E-state index contributed by atoms with van der Waals surface area (Å²) in [4.78, 5) is 25.3. The second-order valence-electron chi connectivity index (χ2n) is 17.5. The number of carbonyl (C=O) groups is 1. The normalized spacial score (nSPS) is 14.4. The average molecular weight is 801 g/mol. The predicted molar refractivity (Wildman–Crippen MR) is 233 cm³/mol. The van der Waals surface area contributed by atoms with Gasteiger partial charge in [-0.1, -0.05) is 212 Å². The number of hydrogen-bond donors (Lipinski definition) is 2. The third-order valence-corrected chi connectivity index (χ3v) is 11.7. The van der Waals surface area contributed by atoms with Gasteiger partial charge in [0.1, 0.15) is 13.2 Å². The van der Waals surface area contributed by atoms with Crippen LogP contribution in [0.1, 0.15) is 226 Å². The molecule has 0 saturated heterocycles. The number of aliphatic hydroxyl groups is 1. The van der Waals surface area contributed by atoms with E-state index in [9.17, 15) is 19.4 Å². The van der Waals surface area contributed by atoms with E-state index in [-0.39, 0.29) is 19.1 Å². The number of quaternary nitrogens is 1. The van der Waals surface area contributed by atoms with Crippen LogP contribution in [-0.2, 0) is 18.4 Å². The lowest BCUT2D eigenvalue weighted by atomic mass is 10.0. The highest BCUT2D eigenvalue weighted by atomic mass is 31.2. The van der Waals surface area contributed by atoms with Crippen molar-refractivity contribution < 1.29 is 32.9 Å². The Labute approximate surface area is 342 Å². The first-order valence-electron chi connectivity index (χ1n) is 23.6. The van der Waals surface area contributed by atoms with Gasteiger partial charge in [-0.25, -0.2) is 0 Å². The van der Waals surface area contributed by atoms with Gasteiger partial charge in [-0.2, -0.15) is 0 Å². The molecule has 0 spiro atoms. The summed E-state index contributed by atoms with van der Waals surface area (Å²) >= 11 is 0. The Hall–Kier alpha value is -0.760. The molecule has 0 heterocycles. The number of phosphoric acid groups is 1. The number of carbonyl (C=O) groups excluding carboxylic acids is 1. The molecule has 0 bridgehead atoms. The van der Waals surface area contributed by atoms with Gasteiger partial charge in [0, 0.05) is 6.42 Å². The van der Waals surface area contributed by atoms with E-state index >= 15 is 0 Å². The summed E-state index contributed by atoms with van der Waals surface area (Å²) in [6.07, 6.45) is 43.9. The molecule has 0 rings (SSSR count). The first-order chi connectivity index (χ1) is 26.5. The maximum absolute atomic E-state index is 12.9. The molecule has 328 valence electrons. The molecule has 8 nitrogen and oxygen atoms in total. The SMILES string of the molecule is CCCCCCCCCCCCCCCC/C=C/[C@@H](O)[C@H](COP(=O)([O-])OCC[N+](C)(C)C)NC(=O)CCCCCCCCCCCCCCCCCCC. The Morgan fingerprint density at radius 2 is 0.982 bits per heavy atom. The van der Waals surface area contributed by atoms with E-state index in [2.05, 4.69) is 19.2 Å². The second-order valence-corrected chi connectivity index (χ2v) is 18.9. The number of aliphatic hydroxyl groups excluding tert-OH is 1. The van der Waals surface area contributed by atoms with Crippen LogP contribution in [0.5, 0.6) is 0 Å². The van der Waals surface area contributed by atoms with Crippen LogP contribution in [0.4, 0.5) is 0 Å². The third-order valence-electron chi connectivity index (χ3n) is 10.7. The summed E-state index contributed by atoms with van der Waals surface area (Å²) in [5.74, 6) is -0.194. The lowest BCUT2D eigenvalue weighted by Gasteiger charge is -2.29. The van der Waals surface area contributed by atoms with Crippen molar-refractivity contribution in [2.75, 3.05) is 40.9 Å². The van der Waals surface area contributed by atoms with Gasteiger partial charge in [-0.3, -0.25) is 9.36 Å². The number of allylic oxidation sites excluding steroid dienone is 1. The zero-order valence-electron chi connectivity index (χ0n) is 37.1. The summed E-state index contributed by atoms with van der Waals surface area (Å²) in [7, 11) is 1.27. The maximum Gasteiger partial charge on any atom is 0.268 e. The van der Waals surface area contributed by atoms with Gasteiger partial charge >= 0.3 is 0 Å². The minimum Gasteiger partial charge on any atom is -0.756 e. The molecule has 0 saturated carbocycles. The van der Waals surface area contributed by atoms with Gasteiger partial charge in [0.15, 0.2) is 0 Å². The van der Waals surface area contributed by atoms with Crippen molar-refractivity contribution >= 4 is 13.7 Å². The Bertz CT molecular complexity index is 911. The second kappa shape index (κ2) is 38.7. The van der Waals surface area contributed by atoms with Crippen molar-refractivity contribution in [3.63, 3.8) is 0 Å². The lowest BCUT2D eigenvalue weighted by Crippen LogP contribution is -2.45. The molecule has 1 unspecified atom stereocenters. The van der Waals surface area contributed by atoms with Crippen LogP contribution >= 0.6 is 7.82 Å². The van der Waals surface area contributed by atoms with Crippen molar-refractivity contribution in [1.82, 2.24) is 5.32 Å². The third kappa shape index (κ3) is 41.2. The number of phosphoric ester groups is 1. The van der Waals surface area contributed by atoms with Gasteiger partial charge in [0.2, 0.25) is 5.91 Å². The number of hydrogen-bond acceptors (Lipinski definition) is 6. The molecule has 0 fully saturated rings. The van der Waals surface area contributed by atoms with E-state index in [1.807, 2.05) is 27.2 Å². The topological polar surface area (TPSA) is 108 Å². The molecule has 0 aliphatic heterocycles. The van der Waals surface area contributed by atoms with Crippen molar-refractivity contribution in [3.05, 3.63) is 12.2 Å². The molecular formula is C46H93N2O6P. The fraction of sp³-hybridized carbons (Fsp3) is 0.935. The Morgan fingerprint density at radius 3 is 1.36 bits per heavy atom. The number of unbranched alkanes of at least 4 members (excludes halogenated alkanes) is 30. The highest BCUT2D eigenvalue weighted by molar-refractivity contribution is 7.45. The van der Waals surface area contributed by atoms with Crippen LogP contribution in [0.3, 0.4) is 0 Å². The predicted octanol–water partition coefficient (Wildman–Crippen LogP) is 12.5. The van der Waals surface area contributed by atoms with Gasteiger partial charge in [0.25, 0.3) is 7.82 Å². The largest absolute Gasteiger partial charge is 0.756 e. The van der Waals surface area contributed by atoms with Crippen LogP contribution in [0, 0.1) is 0 Å². The van der Waals surface area contributed by atoms with E-state index in [0.717, 1.165) is 38.5 Å². The van der Waals surface area contributed by atoms with Crippen LogP contribution in [0.15, 0.2) is 12.2 Å². The minimum absolute atomic E-state index is 0.00224. The quantitative estimate of drug-likeness (QED) is 0.0275. The first-order valence-corrected chi connectivity index (χ1v) is 25.0. The molecule has 0 aliphatic carbocycles. The van der Waals surface area contributed by atoms with Crippen LogP contribution in [-0.4, -0.2) is 68.5 Å². The van der Waals surface area contributed by atoms with Gasteiger partial charge < -0.3 is 28.8 Å². The Balaban J connectivity index is 4.36. The molecule has 0 radical (unpaired) electrons. The molecule has 0 aliphatic rings. The van der Waals surface area contributed by atoms with Crippen LogP contribution < -0.4 is 10.2 Å². The molecule has 2 N–H and O–H groups in total. The molecule has 0 aromatic carbocycles. The van der Waals surface area contributed by atoms with E-state index < -0.39 is 20.0 Å². The molecule has 9 heteroatoms. The van der Waals surface area contributed by atoms with Crippen LogP contribution in [0.2, 0.25) is 0 Å². The summed E-state index contributed by atoms with van der Waals surface area (Å²) in [6, 6.07) is -0.879. The van der Waals surface area contributed by atoms with E-state index in [1.165, 1.54) is 167 Å². The molecule has 3 atom stereocenters. The zero-order valence-corrected chi connectivity index (χ0v) is 38.0. The fourth-order valence-corrected chi connectivity index (χ4v) is 7.70. The number of amides is 1. The van der Waals surface area contributed by atoms with E-state index in [4.69, 9.17) is 9.05 Å². The Morgan fingerprint density at radius 1 is 0.618 bits per heavy atom. The monoisotopic (exact) mass is 801 g/mol. The number of nitrogens with one attached hydrogen (secondary N) is 1. The van der Waals surface area contributed by atoms with Crippen molar-refractivity contribution in [3.8, 4) is 0 Å².